The third kappa shape index (κ3) is 9.87. The SMILES string of the molecule is Cc1cc2oc3c[c-]c(-c4nc5ccccc5n4-c4ccc(-c5ccccc5)cc4C(C)(C)C)cc3c2cc1C.[2H]C([2H])([2H])c1c[c-]c(-c2cc(C([2H])([2H])C(C)(C)C)[c]([Ge]([CH3])([CH3])[CH3])cn2)cc1.[Ir]. The van der Waals surface area contributed by atoms with Gasteiger partial charge >= 0.3 is 145 Å². The molecule has 4 nitrogen and oxygen atoms in total. The molecule has 0 unspecified atom stereocenters. The van der Waals surface area contributed by atoms with Crippen molar-refractivity contribution >= 4 is 50.6 Å². The quantitative estimate of drug-likeness (QED) is 0.123. The summed E-state index contributed by atoms with van der Waals surface area (Å²) in [7, 11) is 0. The van der Waals surface area contributed by atoms with Crippen LogP contribution in [0.4, 0.5) is 0 Å². The molecule has 0 aliphatic rings. The number of para-hydroxylation sites is 2. The van der Waals surface area contributed by atoms with Crippen molar-refractivity contribution in [3.05, 3.63) is 167 Å². The Morgan fingerprint density at radius 3 is 2.11 bits per heavy atom. The molecule has 0 amide bonds. The Labute approximate surface area is 398 Å². The van der Waals surface area contributed by atoms with Crippen molar-refractivity contribution in [3.8, 4) is 39.5 Å². The Morgan fingerprint density at radius 2 is 1.43 bits per heavy atom. The van der Waals surface area contributed by atoms with Gasteiger partial charge in [0.1, 0.15) is 5.58 Å². The van der Waals surface area contributed by atoms with Crippen LogP contribution >= 0.6 is 0 Å². The zero-order valence-electron chi connectivity index (χ0n) is 43.2. The van der Waals surface area contributed by atoms with Gasteiger partial charge in [0.15, 0.2) is 0 Å². The number of fused-ring (bicyclic) bond motifs is 4. The van der Waals surface area contributed by atoms with Gasteiger partial charge in [0.05, 0.1) is 22.4 Å². The summed E-state index contributed by atoms with van der Waals surface area (Å²) in [6, 6.07) is 47.3. The second kappa shape index (κ2) is 17.8. The minimum absolute atomic E-state index is 0. The van der Waals surface area contributed by atoms with Gasteiger partial charge in [-0.25, -0.2) is 0 Å². The van der Waals surface area contributed by atoms with Crippen LogP contribution in [-0.2, 0) is 31.9 Å². The number of hydrogen-bond acceptors (Lipinski definition) is 3. The average molecular weight is 1070 g/mol. The molecule has 0 saturated heterocycles. The van der Waals surface area contributed by atoms with Gasteiger partial charge in [-0.05, 0) is 83.5 Å². The third-order valence-electron chi connectivity index (χ3n) is 11.3. The molecule has 63 heavy (non-hydrogen) atoms. The van der Waals surface area contributed by atoms with Gasteiger partial charge in [-0.1, -0.05) is 74.7 Å². The number of hydrogen-bond donors (Lipinski definition) is 0. The van der Waals surface area contributed by atoms with Crippen molar-refractivity contribution < 1.29 is 31.4 Å². The summed E-state index contributed by atoms with van der Waals surface area (Å²) in [4.78, 5) is 9.74. The topological polar surface area (TPSA) is 43.9 Å². The molecule has 0 saturated carbocycles. The Balaban J connectivity index is 0.000000215. The van der Waals surface area contributed by atoms with E-state index in [0.717, 1.165) is 54.4 Å². The van der Waals surface area contributed by atoms with Crippen LogP contribution in [0.15, 0.2) is 132 Å². The van der Waals surface area contributed by atoms with E-state index in [1.165, 1.54) is 33.9 Å². The maximum absolute atomic E-state index is 8.80. The van der Waals surface area contributed by atoms with Crippen LogP contribution in [0.25, 0.3) is 72.4 Å². The maximum atomic E-state index is 8.80. The first kappa shape index (κ1) is 39.5. The predicted molar refractivity (Wildman–Crippen MR) is 266 cm³/mol. The summed E-state index contributed by atoms with van der Waals surface area (Å²) < 4.78 is 49.6. The predicted octanol–water partition coefficient (Wildman–Crippen LogP) is 15.0. The molecule has 0 spiro atoms. The van der Waals surface area contributed by atoms with E-state index in [1.807, 2.05) is 45.2 Å². The minimum Gasteiger partial charge on any atom is 0 e. The molecule has 3 aromatic heterocycles. The normalized spacial score (nSPS) is 13.7. The van der Waals surface area contributed by atoms with Crippen LogP contribution < -0.4 is 4.40 Å². The van der Waals surface area contributed by atoms with Crippen LogP contribution in [0.1, 0.15) is 76.2 Å². The summed E-state index contributed by atoms with van der Waals surface area (Å²) in [5.41, 5.74) is 13.6. The van der Waals surface area contributed by atoms with Crippen LogP contribution in [0.5, 0.6) is 0 Å². The van der Waals surface area contributed by atoms with Crippen LogP contribution in [0, 0.1) is 38.2 Å². The van der Waals surface area contributed by atoms with E-state index >= 15 is 0 Å². The van der Waals surface area contributed by atoms with Crippen molar-refractivity contribution in [2.75, 3.05) is 0 Å². The van der Waals surface area contributed by atoms with E-state index in [4.69, 9.17) is 16.3 Å². The summed E-state index contributed by atoms with van der Waals surface area (Å²) in [5, 5.41) is 2.21. The van der Waals surface area contributed by atoms with E-state index in [1.54, 1.807) is 12.1 Å². The molecule has 0 aliphatic carbocycles. The molecule has 0 bridgehead atoms. The number of benzene rings is 6. The van der Waals surface area contributed by atoms with E-state index in [-0.39, 0.29) is 31.1 Å². The summed E-state index contributed by atoms with van der Waals surface area (Å²) in [5.74, 6) is 7.57. The summed E-state index contributed by atoms with van der Waals surface area (Å²) >= 11 is -2.36. The van der Waals surface area contributed by atoms with Gasteiger partial charge < -0.3 is 8.98 Å². The van der Waals surface area contributed by atoms with Gasteiger partial charge in [0.25, 0.3) is 0 Å². The molecule has 9 aromatic rings. The zero-order valence-corrected chi connectivity index (χ0v) is 42.7. The van der Waals surface area contributed by atoms with Crippen LogP contribution in [0.3, 0.4) is 0 Å². The number of aromatic nitrogens is 3. The first-order valence-corrected chi connectivity index (χ1v) is 28.7. The molecule has 6 aromatic carbocycles. The molecule has 323 valence electrons. The molecule has 3 heterocycles. The molecule has 1 radical (unpaired) electrons. The van der Waals surface area contributed by atoms with Crippen molar-refractivity contribution in [2.24, 2.45) is 5.41 Å². The Hall–Kier alpha value is -5.07. The largest absolute Gasteiger partial charge is 0 e. The molecular formula is C57H59GeIrN3O-2. The van der Waals surface area contributed by atoms with Gasteiger partial charge in [0, 0.05) is 31.2 Å². The van der Waals surface area contributed by atoms with E-state index < -0.39 is 31.9 Å². The fourth-order valence-corrected chi connectivity index (χ4v) is 10.9. The first-order valence-electron chi connectivity index (χ1n) is 23.9. The first-order chi connectivity index (χ1) is 31.3. The number of pyridine rings is 1. The van der Waals surface area contributed by atoms with Crippen molar-refractivity contribution in [3.63, 3.8) is 0 Å². The summed E-state index contributed by atoms with van der Waals surface area (Å²) in [6.07, 6.45) is 0.303. The van der Waals surface area contributed by atoms with Gasteiger partial charge in [-0.15, -0.1) is 23.8 Å². The van der Waals surface area contributed by atoms with Gasteiger partial charge in [-0.3, -0.25) is 4.98 Å². The van der Waals surface area contributed by atoms with Gasteiger partial charge in [-0.2, -0.15) is 0 Å². The second-order valence-electron chi connectivity index (χ2n) is 19.5. The molecule has 0 atom stereocenters. The summed E-state index contributed by atoms with van der Waals surface area (Å²) in [6.45, 7) is 14.7. The molecule has 0 N–H and O–H groups in total. The number of furan rings is 1. The average Bonchev–Trinajstić information content (AvgIpc) is 3.83. The van der Waals surface area contributed by atoms with Gasteiger partial charge in [0.2, 0.25) is 0 Å². The van der Waals surface area contributed by atoms with Crippen LogP contribution in [0.2, 0.25) is 17.3 Å². The van der Waals surface area contributed by atoms with E-state index in [2.05, 4.69) is 159 Å². The third-order valence-corrected chi connectivity index (χ3v) is 15.5. The Bertz CT molecular complexity index is 3280. The minimum atomic E-state index is -2.36. The number of aryl methyl sites for hydroxylation is 3. The van der Waals surface area contributed by atoms with E-state index in [9.17, 15) is 0 Å². The second-order valence-corrected chi connectivity index (χ2v) is 30.1. The molecule has 0 fully saturated rings. The smallest absolute Gasteiger partial charge is 0 e. The molecular weight excluding hydrogens is 1010 g/mol. The van der Waals surface area contributed by atoms with Crippen molar-refractivity contribution in [1.82, 2.24) is 14.5 Å². The molecule has 0 aliphatic heterocycles. The fourth-order valence-electron chi connectivity index (χ4n) is 7.99. The number of nitrogens with zero attached hydrogens (tertiary/aromatic N) is 3. The fraction of sp³-hybridized carbons (Fsp3) is 0.263. The van der Waals surface area contributed by atoms with Crippen molar-refractivity contribution in [1.29, 1.82) is 0 Å². The molecule has 6 heteroatoms. The number of rotatable bonds is 6. The number of imidazole rings is 1. The Morgan fingerprint density at radius 1 is 0.730 bits per heavy atom. The zero-order chi connectivity index (χ0) is 48.4. The van der Waals surface area contributed by atoms with E-state index in [0.29, 0.717) is 16.8 Å². The maximum Gasteiger partial charge on any atom is 0 e. The molecule has 9 rings (SSSR count). The Kier molecular flexibility index (Phi) is 11.2. The van der Waals surface area contributed by atoms with Crippen LogP contribution in [-0.4, -0.2) is 27.8 Å². The monoisotopic (exact) mass is 1070 g/mol. The standard InChI is InChI=1S/C37H31N2O.C20H28GeN.Ir/c1-23-19-28-29-21-27(16-18-34(29)40-35(28)20-24(23)2)36-38-31-13-9-10-14-33(31)39(36)32-17-15-26(22-30(32)37(3,4)5)25-11-7-6-8-12-25;1-15-8-10-16(11-9-15)19-12-17(13-20(2,3)4)18(14-22-19)21(5,6)7;/h6-15,17-22H,1-5H3;8-10,12,14H,13H2,1-7H3;/q2*-1;/i;1D3,13D2;. The van der Waals surface area contributed by atoms with Crippen molar-refractivity contribution in [2.45, 2.75) is 91.3 Å².